The van der Waals surface area contributed by atoms with Gasteiger partial charge in [0.05, 0.1) is 5.56 Å². The second-order valence-corrected chi connectivity index (χ2v) is 6.81. The molecule has 0 radical (unpaired) electrons. The molecule has 3 rings (SSSR count). The highest BCUT2D eigenvalue weighted by Gasteiger charge is 2.21. The lowest BCUT2D eigenvalue weighted by Crippen LogP contribution is -2.45. The lowest BCUT2D eigenvalue weighted by atomic mass is 10.0. The summed E-state index contributed by atoms with van der Waals surface area (Å²) in [6, 6.07) is 17.0. The van der Waals surface area contributed by atoms with E-state index < -0.39 is 5.97 Å². The summed E-state index contributed by atoms with van der Waals surface area (Å²) in [7, 11) is 0. The van der Waals surface area contributed by atoms with Crippen molar-refractivity contribution in [1.29, 1.82) is 0 Å². The molecule has 6 heteroatoms. The van der Waals surface area contributed by atoms with Crippen LogP contribution < -0.4 is 11.1 Å². The van der Waals surface area contributed by atoms with Gasteiger partial charge in [-0.25, -0.2) is 4.79 Å². The van der Waals surface area contributed by atoms with Crippen LogP contribution in [0.5, 0.6) is 0 Å². The minimum atomic E-state index is -0.546. The van der Waals surface area contributed by atoms with Gasteiger partial charge in [0.25, 0.3) is 5.91 Å². The third kappa shape index (κ3) is 5.82. The van der Waals surface area contributed by atoms with Crippen molar-refractivity contribution in [3.8, 4) is 0 Å². The van der Waals surface area contributed by atoms with Crippen LogP contribution in [0.3, 0.4) is 0 Å². The van der Waals surface area contributed by atoms with Crippen LogP contribution >= 0.6 is 0 Å². The van der Waals surface area contributed by atoms with Crippen LogP contribution in [0.2, 0.25) is 0 Å². The number of nitrogens with zero attached hydrogens (tertiary/aromatic N) is 1. The first-order chi connectivity index (χ1) is 13.1. The number of nitrogens with one attached hydrogen (secondary N) is 1. The lowest BCUT2D eigenvalue weighted by Gasteiger charge is -2.32. The van der Waals surface area contributed by atoms with Crippen LogP contribution in [0, 0.1) is 0 Å². The van der Waals surface area contributed by atoms with Crippen molar-refractivity contribution in [3.05, 3.63) is 65.7 Å². The average Bonchev–Trinajstić information content (AvgIpc) is 2.68. The SMILES string of the molecule is Nc1cccc(C(=O)OCC(=O)NC2CCN(Cc3ccccc3)CC2)c1. The van der Waals surface area contributed by atoms with Gasteiger partial charge in [-0.3, -0.25) is 9.69 Å². The van der Waals surface area contributed by atoms with Gasteiger partial charge >= 0.3 is 5.97 Å². The Hall–Kier alpha value is -2.86. The molecule has 2 aromatic carbocycles. The molecule has 0 bridgehead atoms. The van der Waals surface area contributed by atoms with E-state index in [1.165, 1.54) is 11.6 Å². The molecule has 1 heterocycles. The Morgan fingerprint density at radius 3 is 2.52 bits per heavy atom. The van der Waals surface area contributed by atoms with Crippen molar-refractivity contribution in [2.24, 2.45) is 0 Å². The molecule has 2 aromatic rings. The Morgan fingerprint density at radius 1 is 1.07 bits per heavy atom. The maximum atomic E-state index is 12.1. The minimum Gasteiger partial charge on any atom is -0.452 e. The molecular weight excluding hydrogens is 342 g/mol. The maximum absolute atomic E-state index is 12.1. The van der Waals surface area contributed by atoms with Crippen LogP contribution in [0.4, 0.5) is 5.69 Å². The number of benzene rings is 2. The molecule has 0 atom stereocenters. The van der Waals surface area contributed by atoms with Crippen LogP contribution in [0.25, 0.3) is 0 Å². The Morgan fingerprint density at radius 2 is 1.81 bits per heavy atom. The zero-order valence-corrected chi connectivity index (χ0v) is 15.3. The van der Waals surface area contributed by atoms with E-state index >= 15 is 0 Å². The van der Waals surface area contributed by atoms with E-state index in [-0.39, 0.29) is 18.6 Å². The number of piperidine rings is 1. The van der Waals surface area contributed by atoms with E-state index in [0.29, 0.717) is 11.3 Å². The Bertz CT molecular complexity index is 771. The minimum absolute atomic E-state index is 0.121. The Kier molecular flexibility index (Phi) is 6.44. The molecular formula is C21H25N3O3. The second-order valence-electron chi connectivity index (χ2n) is 6.81. The summed E-state index contributed by atoms with van der Waals surface area (Å²) in [5.41, 5.74) is 7.77. The molecule has 27 heavy (non-hydrogen) atoms. The molecule has 1 aliphatic heterocycles. The van der Waals surface area contributed by atoms with E-state index in [9.17, 15) is 9.59 Å². The summed E-state index contributed by atoms with van der Waals surface area (Å²) in [6.07, 6.45) is 1.78. The smallest absolute Gasteiger partial charge is 0.338 e. The van der Waals surface area contributed by atoms with Gasteiger partial charge in [-0.15, -0.1) is 0 Å². The highest BCUT2D eigenvalue weighted by Crippen LogP contribution is 2.14. The molecule has 1 saturated heterocycles. The molecule has 0 saturated carbocycles. The number of carbonyl (C=O) groups excluding carboxylic acids is 2. The zero-order valence-electron chi connectivity index (χ0n) is 15.3. The first kappa shape index (κ1) is 18.9. The summed E-state index contributed by atoms with van der Waals surface area (Å²) in [4.78, 5) is 26.4. The van der Waals surface area contributed by atoms with Gasteiger partial charge in [0.1, 0.15) is 0 Å². The number of hydrogen-bond acceptors (Lipinski definition) is 5. The van der Waals surface area contributed by atoms with Gasteiger partial charge in [-0.1, -0.05) is 36.4 Å². The molecule has 1 fully saturated rings. The molecule has 6 nitrogen and oxygen atoms in total. The van der Waals surface area contributed by atoms with Gasteiger partial charge in [-0.2, -0.15) is 0 Å². The number of esters is 1. The Labute approximate surface area is 159 Å². The molecule has 142 valence electrons. The number of amides is 1. The highest BCUT2D eigenvalue weighted by atomic mass is 16.5. The summed E-state index contributed by atoms with van der Waals surface area (Å²) in [5, 5.41) is 2.95. The van der Waals surface area contributed by atoms with Crippen molar-refractivity contribution < 1.29 is 14.3 Å². The monoisotopic (exact) mass is 367 g/mol. The van der Waals surface area contributed by atoms with Gasteiger partial charge in [0.15, 0.2) is 6.61 Å². The van der Waals surface area contributed by atoms with E-state index in [1.54, 1.807) is 18.2 Å². The number of hydrogen-bond donors (Lipinski definition) is 2. The fourth-order valence-corrected chi connectivity index (χ4v) is 3.23. The topological polar surface area (TPSA) is 84.7 Å². The number of nitrogen functional groups attached to an aromatic ring is 1. The van der Waals surface area contributed by atoms with Crippen molar-refractivity contribution in [2.45, 2.75) is 25.4 Å². The Balaban J connectivity index is 1.37. The molecule has 0 unspecified atom stereocenters. The van der Waals surface area contributed by atoms with Crippen molar-refractivity contribution in [1.82, 2.24) is 10.2 Å². The summed E-state index contributed by atoms with van der Waals surface area (Å²) < 4.78 is 5.07. The average molecular weight is 367 g/mol. The quantitative estimate of drug-likeness (QED) is 0.604. The van der Waals surface area contributed by atoms with E-state index in [0.717, 1.165) is 32.5 Å². The van der Waals surface area contributed by atoms with Crippen molar-refractivity contribution in [3.63, 3.8) is 0 Å². The number of nitrogens with two attached hydrogens (primary N) is 1. The largest absolute Gasteiger partial charge is 0.452 e. The molecule has 0 aliphatic carbocycles. The van der Waals surface area contributed by atoms with Crippen LogP contribution in [-0.4, -0.2) is 42.5 Å². The molecule has 1 amide bonds. The van der Waals surface area contributed by atoms with E-state index in [1.807, 2.05) is 18.2 Å². The van der Waals surface area contributed by atoms with E-state index in [4.69, 9.17) is 10.5 Å². The van der Waals surface area contributed by atoms with E-state index in [2.05, 4.69) is 22.3 Å². The molecule has 1 aliphatic rings. The van der Waals surface area contributed by atoms with Gasteiger partial charge in [0, 0.05) is 31.4 Å². The molecule has 3 N–H and O–H groups in total. The number of likely N-dealkylation sites (tertiary alicyclic amines) is 1. The zero-order chi connectivity index (χ0) is 19.1. The van der Waals surface area contributed by atoms with Gasteiger partial charge in [0.2, 0.25) is 0 Å². The summed E-state index contributed by atoms with van der Waals surface area (Å²) in [5.74, 6) is -0.816. The van der Waals surface area contributed by atoms with Crippen molar-refractivity contribution >= 4 is 17.6 Å². The standard InChI is InChI=1S/C21H25N3O3/c22-18-8-4-7-17(13-18)21(26)27-15-20(25)23-19-9-11-24(12-10-19)14-16-5-2-1-3-6-16/h1-8,13,19H,9-12,14-15,22H2,(H,23,25). The number of anilines is 1. The maximum Gasteiger partial charge on any atom is 0.338 e. The fraction of sp³-hybridized carbons (Fsp3) is 0.333. The number of ether oxygens (including phenoxy) is 1. The summed E-state index contributed by atoms with van der Waals surface area (Å²) >= 11 is 0. The normalized spacial score (nSPS) is 15.3. The number of rotatable bonds is 6. The first-order valence-corrected chi connectivity index (χ1v) is 9.18. The van der Waals surface area contributed by atoms with Crippen molar-refractivity contribution in [2.75, 3.05) is 25.4 Å². The number of carbonyl (C=O) groups is 2. The molecule has 0 aromatic heterocycles. The van der Waals surface area contributed by atoms with Gasteiger partial charge < -0.3 is 15.8 Å². The first-order valence-electron chi connectivity index (χ1n) is 9.18. The highest BCUT2D eigenvalue weighted by molar-refractivity contribution is 5.92. The fourth-order valence-electron chi connectivity index (χ4n) is 3.23. The van der Waals surface area contributed by atoms with Crippen LogP contribution in [0.15, 0.2) is 54.6 Å². The lowest BCUT2D eigenvalue weighted by molar-refractivity contribution is -0.125. The van der Waals surface area contributed by atoms with Crippen LogP contribution in [-0.2, 0) is 16.1 Å². The summed E-state index contributed by atoms with van der Waals surface area (Å²) in [6.45, 7) is 2.52. The third-order valence-electron chi connectivity index (χ3n) is 4.66. The third-order valence-corrected chi connectivity index (χ3v) is 4.66. The molecule has 0 spiro atoms. The van der Waals surface area contributed by atoms with Crippen LogP contribution in [0.1, 0.15) is 28.8 Å². The predicted molar refractivity (Wildman–Crippen MR) is 104 cm³/mol. The van der Waals surface area contributed by atoms with Gasteiger partial charge in [-0.05, 0) is 36.6 Å². The predicted octanol–water partition coefficient (Wildman–Crippen LogP) is 2.21. The second kappa shape index (κ2) is 9.19.